The number of Topliss-reactive ketones (excluding diaryl/α,β-unsaturated/α-hetero) is 1. The monoisotopic (exact) mass is 579 g/mol. The highest BCUT2D eigenvalue weighted by Gasteiger charge is 2.43. The average Bonchev–Trinajstić information content (AvgIpc) is 3.27. The number of hydrogen-bond donors (Lipinski definition) is 1. The lowest BCUT2D eigenvalue weighted by Gasteiger charge is -2.30. The molecule has 0 radical (unpaired) electrons. The maximum Gasteiger partial charge on any atom is 0.336 e. The first-order chi connectivity index (χ1) is 20.4. The number of allylic oxidation sites excluding steroid dienone is 2. The van der Waals surface area contributed by atoms with Crippen LogP contribution < -0.4 is 14.8 Å². The van der Waals surface area contributed by atoms with Gasteiger partial charge >= 0.3 is 5.97 Å². The molecule has 7 heteroatoms. The summed E-state index contributed by atoms with van der Waals surface area (Å²) in [5.74, 6) is -0.513. The number of carbonyl (C=O) groups excluding carboxylic acids is 2. The highest BCUT2D eigenvalue weighted by Crippen LogP contribution is 2.49. The highest BCUT2D eigenvalue weighted by atomic mass is 35.5. The zero-order valence-corrected chi connectivity index (χ0v) is 24.4. The molecule has 1 N–H and O–H groups in total. The van der Waals surface area contributed by atoms with Gasteiger partial charge in [-0.05, 0) is 60.9 Å². The molecule has 0 amide bonds. The summed E-state index contributed by atoms with van der Waals surface area (Å²) < 4.78 is 17.7. The molecule has 6 rings (SSSR count). The van der Waals surface area contributed by atoms with Crippen molar-refractivity contribution in [1.82, 2.24) is 5.32 Å². The number of hydrogen-bond acceptors (Lipinski definition) is 6. The summed E-state index contributed by atoms with van der Waals surface area (Å²) in [5, 5.41) is 5.91. The molecule has 2 aliphatic rings. The van der Waals surface area contributed by atoms with E-state index < -0.39 is 11.9 Å². The second kappa shape index (κ2) is 11.4. The topological polar surface area (TPSA) is 73.9 Å². The van der Waals surface area contributed by atoms with E-state index >= 15 is 0 Å². The van der Waals surface area contributed by atoms with E-state index in [1.807, 2.05) is 56.3 Å². The van der Waals surface area contributed by atoms with Crippen molar-refractivity contribution >= 4 is 39.8 Å². The van der Waals surface area contributed by atoms with Crippen LogP contribution in [0.15, 0.2) is 95.7 Å². The van der Waals surface area contributed by atoms with Crippen LogP contribution in [0, 0.1) is 0 Å². The molecule has 4 aromatic rings. The minimum Gasteiger partial charge on any atom is -0.490 e. The van der Waals surface area contributed by atoms with Gasteiger partial charge in [-0.2, -0.15) is 0 Å². The van der Waals surface area contributed by atoms with Crippen LogP contribution in [0.1, 0.15) is 53.7 Å². The van der Waals surface area contributed by atoms with Gasteiger partial charge in [0.2, 0.25) is 0 Å². The average molecular weight is 580 g/mol. The van der Waals surface area contributed by atoms with Crippen molar-refractivity contribution in [2.45, 2.75) is 33.3 Å². The van der Waals surface area contributed by atoms with Gasteiger partial charge in [0.05, 0.1) is 29.5 Å². The smallest absolute Gasteiger partial charge is 0.336 e. The van der Waals surface area contributed by atoms with Gasteiger partial charge in [-0.15, -0.1) is 0 Å². The zero-order chi connectivity index (χ0) is 29.4. The summed E-state index contributed by atoms with van der Waals surface area (Å²) in [6, 6.07) is 25.3. The molecule has 0 unspecified atom stereocenters. The van der Waals surface area contributed by atoms with Crippen LogP contribution in [0.4, 0.5) is 0 Å². The van der Waals surface area contributed by atoms with Crippen LogP contribution in [-0.2, 0) is 16.1 Å². The number of benzene rings is 4. The largest absolute Gasteiger partial charge is 0.490 e. The van der Waals surface area contributed by atoms with Crippen molar-refractivity contribution in [1.29, 1.82) is 0 Å². The van der Waals surface area contributed by atoms with Crippen molar-refractivity contribution in [2.24, 2.45) is 0 Å². The SMILES string of the molecule is CCOC(=O)C1=C(C)NC2=C(C(=O)c3ccccc32)[C@H]1c1cc(Cl)c(OCc2ccc3ccccc3c2)c(OCC)c1. The Labute approximate surface area is 249 Å². The molecule has 42 heavy (non-hydrogen) atoms. The molecule has 212 valence electrons. The molecule has 1 heterocycles. The third-order valence-corrected chi connectivity index (χ3v) is 7.89. The fraction of sp³-hybridized carbons (Fsp3) is 0.200. The first-order valence-corrected chi connectivity index (χ1v) is 14.4. The van der Waals surface area contributed by atoms with E-state index in [0.29, 0.717) is 56.8 Å². The van der Waals surface area contributed by atoms with Crippen LogP contribution in [0.5, 0.6) is 11.5 Å². The molecule has 0 spiro atoms. The molecular formula is C35H30ClNO5. The second-order valence-electron chi connectivity index (χ2n) is 10.2. The van der Waals surface area contributed by atoms with E-state index in [0.717, 1.165) is 21.9 Å². The van der Waals surface area contributed by atoms with E-state index in [4.69, 9.17) is 25.8 Å². The Hall–Kier alpha value is -4.55. The summed E-state index contributed by atoms with van der Waals surface area (Å²) in [4.78, 5) is 27.1. The molecule has 1 aliphatic heterocycles. The summed E-state index contributed by atoms with van der Waals surface area (Å²) in [5.41, 5.74) is 5.17. The molecule has 0 saturated heterocycles. The molecule has 0 fully saturated rings. The maximum absolute atomic E-state index is 13.8. The number of dihydropyridines is 1. The summed E-state index contributed by atoms with van der Waals surface area (Å²) in [6.07, 6.45) is 0. The molecular weight excluding hydrogens is 550 g/mol. The Balaban J connectivity index is 1.42. The van der Waals surface area contributed by atoms with Gasteiger partial charge in [0, 0.05) is 28.3 Å². The minimum absolute atomic E-state index is 0.141. The van der Waals surface area contributed by atoms with Gasteiger partial charge in [-0.1, -0.05) is 72.3 Å². The maximum atomic E-state index is 13.8. The van der Waals surface area contributed by atoms with Crippen molar-refractivity contribution in [3.8, 4) is 11.5 Å². The number of carbonyl (C=O) groups is 2. The number of esters is 1. The summed E-state index contributed by atoms with van der Waals surface area (Å²) in [6.45, 7) is 6.31. The Morgan fingerprint density at radius 2 is 1.62 bits per heavy atom. The molecule has 4 aromatic carbocycles. The molecule has 1 atom stereocenters. The highest BCUT2D eigenvalue weighted by molar-refractivity contribution is 6.32. The second-order valence-corrected chi connectivity index (χ2v) is 10.6. The van der Waals surface area contributed by atoms with Gasteiger partial charge < -0.3 is 19.5 Å². The van der Waals surface area contributed by atoms with Gasteiger partial charge in [0.15, 0.2) is 17.3 Å². The fourth-order valence-electron chi connectivity index (χ4n) is 5.78. The number of rotatable bonds is 8. The quantitative estimate of drug-likeness (QED) is 0.217. The van der Waals surface area contributed by atoms with Crippen molar-refractivity contribution in [3.05, 3.63) is 123 Å². The Morgan fingerprint density at radius 3 is 2.38 bits per heavy atom. The molecule has 1 aliphatic carbocycles. The number of fused-ring (bicyclic) bond motifs is 3. The number of ketones is 1. The van der Waals surface area contributed by atoms with E-state index in [1.165, 1.54) is 0 Å². The van der Waals surface area contributed by atoms with Crippen molar-refractivity contribution in [2.75, 3.05) is 13.2 Å². The Kier molecular flexibility index (Phi) is 7.48. The van der Waals surface area contributed by atoms with Gasteiger partial charge in [0.25, 0.3) is 0 Å². The Bertz CT molecular complexity index is 1800. The summed E-state index contributed by atoms with van der Waals surface area (Å²) >= 11 is 6.89. The third kappa shape index (κ3) is 4.82. The van der Waals surface area contributed by atoms with E-state index in [-0.39, 0.29) is 19.0 Å². The van der Waals surface area contributed by atoms with Crippen molar-refractivity contribution < 1.29 is 23.8 Å². The number of halogens is 1. The van der Waals surface area contributed by atoms with Gasteiger partial charge in [0.1, 0.15) is 6.61 Å². The lowest BCUT2D eigenvalue weighted by molar-refractivity contribution is -0.138. The van der Waals surface area contributed by atoms with Gasteiger partial charge in [-0.3, -0.25) is 4.79 Å². The van der Waals surface area contributed by atoms with E-state index in [2.05, 4.69) is 29.6 Å². The zero-order valence-electron chi connectivity index (χ0n) is 23.6. The first-order valence-electron chi connectivity index (χ1n) is 14.0. The van der Waals surface area contributed by atoms with Crippen LogP contribution in [0.2, 0.25) is 5.02 Å². The van der Waals surface area contributed by atoms with Crippen LogP contribution in [0.25, 0.3) is 16.5 Å². The molecule has 0 bridgehead atoms. The van der Waals surface area contributed by atoms with E-state index in [1.54, 1.807) is 19.1 Å². The standard InChI is InChI=1S/C35H30ClNO5/c1-4-40-28-18-24(17-27(36)34(28)42-19-21-14-15-22-10-6-7-11-23(22)16-21)30-29(35(39)41-5-2)20(3)37-32-25-12-8-9-13-26(25)33(38)31(30)32/h6-18,30,37H,4-5,19H2,1-3H3/t30-/m0/s1. The number of ether oxygens (including phenoxy) is 3. The van der Waals surface area contributed by atoms with Crippen LogP contribution in [0.3, 0.4) is 0 Å². The fourth-order valence-corrected chi connectivity index (χ4v) is 6.06. The molecule has 6 nitrogen and oxygen atoms in total. The lowest BCUT2D eigenvalue weighted by Crippen LogP contribution is -2.29. The first kappa shape index (κ1) is 27.6. The Morgan fingerprint density at radius 1 is 0.881 bits per heavy atom. The predicted octanol–water partition coefficient (Wildman–Crippen LogP) is 7.60. The minimum atomic E-state index is -0.716. The van der Waals surface area contributed by atoms with Crippen LogP contribution in [-0.4, -0.2) is 25.0 Å². The predicted molar refractivity (Wildman–Crippen MR) is 164 cm³/mol. The molecule has 0 saturated carbocycles. The number of nitrogens with one attached hydrogen (secondary N) is 1. The van der Waals surface area contributed by atoms with E-state index in [9.17, 15) is 9.59 Å². The van der Waals surface area contributed by atoms with Gasteiger partial charge in [-0.25, -0.2) is 4.79 Å². The summed E-state index contributed by atoms with van der Waals surface area (Å²) in [7, 11) is 0. The third-order valence-electron chi connectivity index (χ3n) is 7.61. The van der Waals surface area contributed by atoms with Crippen molar-refractivity contribution in [3.63, 3.8) is 0 Å². The molecule has 0 aromatic heterocycles. The normalized spacial score (nSPS) is 15.8. The van der Waals surface area contributed by atoms with Crippen LogP contribution >= 0.6 is 11.6 Å². The lowest BCUT2D eigenvalue weighted by atomic mass is 9.79.